The minimum atomic E-state index is -0.0136. The normalized spacial score (nSPS) is 11.3. The predicted octanol–water partition coefficient (Wildman–Crippen LogP) is 4.52. The molecule has 3 nitrogen and oxygen atoms in total. The van der Waals surface area contributed by atoms with Gasteiger partial charge >= 0.3 is 0 Å². The van der Waals surface area contributed by atoms with Crippen molar-refractivity contribution in [3.05, 3.63) is 58.6 Å². The van der Waals surface area contributed by atoms with Crippen LogP contribution in [0.3, 0.4) is 0 Å². The van der Waals surface area contributed by atoms with E-state index < -0.39 is 0 Å². The molecule has 0 saturated heterocycles. The van der Waals surface area contributed by atoms with Gasteiger partial charge in [-0.05, 0) is 49.4 Å². The molecule has 1 amide bonds. The Morgan fingerprint density at radius 2 is 2.05 bits per heavy atom. The first-order chi connectivity index (χ1) is 10.6. The highest BCUT2D eigenvalue weighted by Gasteiger charge is 2.18. The lowest BCUT2D eigenvalue weighted by atomic mass is 10.1. The van der Waals surface area contributed by atoms with E-state index in [-0.39, 0.29) is 11.9 Å². The topological polar surface area (TPSA) is 34.0 Å². The lowest BCUT2D eigenvalue weighted by Gasteiger charge is -2.14. The number of rotatable bonds is 4. The molecular weight excluding hydrogens is 292 g/mol. The minimum absolute atomic E-state index is 0.0136. The molecule has 0 aliphatic rings. The number of benzene rings is 1. The van der Waals surface area contributed by atoms with Crippen LogP contribution < -0.4 is 5.32 Å². The van der Waals surface area contributed by atoms with Gasteiger partial charge in [-0.1, -0.05) is 24.3 Å². The van der Waals surface area contributed by atoms with Gasteiger partial charge in [-0.25, -0.2) is 0 Å². The van der Waals surface area contributed by atoms with Gasteiger partial charge in [0.2, 0.25) is 0 Å². The second-order valence-electron chi connectivity index (χ2n) is 5.77. The number of fused-ring (bicyclic) bond motifs is 1. The number of hydrogen-bond donors (Lipinski definition) is 1. The van der Waals surface area contributed by atoms with E-state index in [2.05, 4.69) is 54.2 Å². The Bertz CT molecular complexity index is 813. The zero-order valence-electron chi connectivity index (χ0n) is 13.1. The smallest absolute Gasteiger partial charge is 0.268 e. The Kier molecular flexibility index (Phi) is 4.03. The van der Waals surface area contributed by atoms with Crippen LogP contribution in [0.25, 0.3) is 10.2 Å². The van der Waals surface area contributed by atoms with Crippen molar-refractivity contribution in [3.63, 3.8) is 0 Å². The van der Waals surface area contributed by atoms with Crippen molar-refractivity contribution < 1.29 is 4.79 Å². The summed E-state index contributed by atoms with van der Waals surface area (Å²) in [5.41, 5.74) is 4.23. The standard InChI is InChI=1S/C18H20N2OS/c1-12(2)20-15-8-9-22-17(15)10-16(20)18(21)19-11-14-7-5-4-6-13(14)3/h4-10,12H,11H2,1-3H3,(H,19,21). The SMILES string of the molecule is Cc1ccccc1CNC(=O)c1cc2sccc2n1C(C)C. The summed E-state index contributed by atoms with van der Waals surface area (Å²) in [5.74, 6) is -0.0136. The minimum Gasteiger partial charge on any atom is -0.347 e. The fraction of sp³-hybridized carbons (Fsp3) is 0.278. The van der Waals surface area contributed by atoms with E-state index in [4.69, 9.17) is 0 Å². The van der Waals surface area contributed by atoms with Crippen molar-refractivity contribution in [1.29, 1.82) is 0 Å². The van der Waals surface area contributed by atoms with E-state index in [1.165, 1.54) is 5.56 Å². The van der Waals surface area contributed by atoms with Gasteiger partial charge in [-0.15, -0.1) is 11.3 Å². The van der Waals surface area contributed by atoms with Crippen molar-refractivity contribution in [1.82, 2.24) is 9.88 Å². The third-order valence-corrected chi connectivity index (χ3v) is 4.76. The Labute approximate surface area is 134 Å². The number of carbonyl (C=O) groups excluding carboxylic acids is 1. The Morgan fingerprint density at radius 1 is 1.27 bits per heavy atom. The highest BCUT2D eigenvalue weighted by molar-refractivity contribution is 7.17. The molecule has 4 heteroatoms. The Morgan fingerprint density at radius 3 is 2.77 bits per heavy atom. The van der Waals surface area contributed by atoms with Gasteiger partial charge in [0, 0.05) is 12.6 Å². The van der Waals surface area contributed by atoms with Crippen molar-refractivity contribution in [2.75, 3.05) is 0 Å². The molecule has 22 heavy (non-hydrogen) atoms. The maximum absolute atomic E-state index is 12.6. The van der Waals surface area contributed by atoms with Crippen LogP contribution in [-0.2, 0) is 6.54 Å². The van der Waals surface area contributed by atoms with E-state index >= 15 is 0 Å². The van der Waals surface area contributed by atoms with Crippen LogP contribution in [0.15, 0.2) is 41.8 Å². The van der Waals surface area contributed by atoms with Crippen LogP contribution in [0, 0.1) is 6.92 Å². The number of nitrogens with one attached hydrogen (secondary N) is 1. The molecule has 3 rings (SSSR count). The van der Waals surface area contributed by atoms with Gasteiger partial charge < -0.3 is 9.88 Å². The van der Waals surface area contributed by atoms with Crippen LogP contribution in [-0.4, -0.2) is 10.5 Å². The van der Waals surface area contributed by atoms with E-state index in [1.54, 1.807) is 11.3 Å². The molecule has 1 aromatic carbocycles. The molecular formula is C18H20N2OS. The van der Waals surface area contributed by atoms with Gasteiger partial charge in [-0.2, -0.15) is 0 Å². The summed E-state index contributed by atoms with van der Waals surface area (Å²) >= 11 is 1.67. The van der Waals surface area contributed by atoms with Crippen LogP contribution in [0.5, 0.6) is 0 Å². The lowest BCUT2D eigenvalue weighted by Crippen LogP contribution is -2.26. The van der Waals surface area contributed by atoms with Crippen molar-refractivity contribution >= 4 is 27.5 Å². The molecule has 2 aromatic heterocycles. The van der Waals surface area contributed by atoms with Gasteiger partial charge in [0.25, 0.3) is 5.91 Å². The first-order valence-electron chi connectivity index (χ1n) is 7.49. The number of carbonyl (C=O) groups is 1. The summed E-state index contributed by atoms with van der Waals surface area (Å²) in [5, 5.41) is 5.11. The summed E-state index contributed by atoms with van der Waals surface area (Å²) in [6.07, 6.45) is 0. The number of aryl methyl sites for hydroxylation is 1. The highest BCUT2D eigenvalue weighted by atomic mass is 32.1. The first kappa shape index (κ1) is 14.9. The average Bonchev–Trinajstić information content (AvgIpc) is 3.05. The third kappa shape index (κ3) is 2.66. The fourth-order valence-corrected chi connectivity index (χ4v) is 3.56. The lowest BCUT2D eigenvalue weighted by molar-refractivity contribution is 0.0940. The van der Waals surface area contributed by atoms with E-state index in [0.717, 1.165) is 21.5 Å². The summed E-state index contributed by atoms with van der Waals surface area (Å²) in [6, 6.07) is 12.5. The number of thiophene rings is 1. The fourth-order valence-electron chi connectivity index (χ4n) is 2.75. The maximum Gasteiger partial charge on any atom is 0.268 e. The monoisotopic (exact) mass is 312 g/mol. The number of aromatic nitrogens is 1. The van der Waals surface area contributed by atoms with Crippen LogP contribution in [0.4, 0.5) is 0 Å². The quantitative estimate of drug-likeness (QED) is 0.755. The zero-order chi connectivity index (χ0) is 15.7. The molecule has 3 aromatic rings. The van der Waals surface area contributed by atoms with Gasteiger partial charge in [0.15, 0.2) is 0 Å². The summed E-state index contributed by atoms with van der Waals surface area (Å²) in [6.45, 7) is 6.83. The van der Waals surface area contributed by atoms with Crippen LogP contribution in [0.2, 0.25) is 0 Å². The van der Waals surface area contributed by atoms with Crippen molar-refractivity contribution in [2.45, 2.75) is 33.4 Å². The Hall–Kier alpha value is -2.07. The van der Waals surface area contributed by atoms with E-state index in [1.807, 2.05) is 18.2 Å². The van der Waals surface area contributed by atoms with Crippen LogP contribution >= 0.6 is 11.3 Å². The second kappa shape index (κ2) is 5.97. The largest absolute Gasteiger partial charge is 0.347 e. The van der Waals surface area contributed by atoms with Gasteiger partial charge in [0.05, 0.1) is 10.2 Å². The van der Waals surface area contributed by atoms with Gasteiger partial charge in [0.1, 0.15) is 5.69 Å². The molecule has 0 spiro atoms. The first-order valence-corrected chi connectivity index (χ1v) is 8.37. The molecule has 0 fully saturated rings. The average molecular weight is 312 g/mol. The molecule has 2 heterocycles. The predicted molar refractivity (Wildman–Crippen MR) is 92.5 cm³/mol. The molecule has 0 bridgehead atoms. The summed E-state index contributed by atoms with van der Waals surface area (Å²) < 4.78 is 3.27. The van der Waals surface area contributed by atoms with Gasteiger partial charge in [-0.3, -0.25) is 4.79 Å². The molecule has 1 N–H and O–H groups in total. The number of nitrogens with zero attached hydrogens (tertiary/aromatic N) is 1. The zero-order valence-corrected chi connectivity index (χ0v) is 13.9. The maximum atomic E-state index is 12.6. The third-order valence-electron chi connectivity index (χ3n) is 3.91. The Balaban J connectivity index is 1.85. The van der Waals surface area contributed by atoms with E-state index in [9.17, 15) is 4.79 Å². The molecule has 0 radical (unpaired) electrons. The van der Waals surface area contributed by atoms with Crippen molar-refractivity contribution in [3.8, 4) is 0 Å². The van der Waals surface area contributed by atoms with Crippen molar-refractivity contribution in [2.24, 2.45) is 0 Å². The highest BCUT2D eigenvalue weighted by Crippen LogP contribution is 2.28. The molecule has 114 valence electrons. The number of hydrogen-bond acceptors (Lipinski definition) is 2. The molecule has 0 atom stereocenters. The number of amides is 1. The van der Waals surface area contributed by atoms with Crippen LogP contribution in [0.1, 0.15) is 41.5 Å². The second-order valence-corrected chi connectivity index (χ2v) is 6.72. The summed E-state index contributed by atoms with van der Waals surface area (Å²) in [7, 11) is 0. The molecule has 0 unspecified atom stereocenters. The molecule has 0 saturated carbocycles. The van der Waals surface area contributed by atoms with E-state index in [0.29, 0.717) is 6.54 Å². The molecule has 0 aliphatic carbocycles. The molecule has 0 aliphatic heterocycles. The summed E-state index contributed by atoms with van der Waals surface area (Å²) in [4.78, 5) is 12.6.